The molecule has 2 heterocycles. The average molecular weight is 243 g/mol. The van der Waals surface area contributed by atoms with Crippen molar-refractivity contribution in [1.82, 2.24) is 10.2 Å². The Kier molecular flexibility index (Phi) is 2.19. The lowest BCUT2D eigenvalue weighted by Gasteiger charge is -1.99. The van der Waals surface area contributed by atoms with Crippen molar-refractivity contribution in [3.05, 3.63) is 34.8 Å². The van der Waals surface area contributed by atoms with E-state index in [4.69, 9.17) is 5.73 Å². The summed E-state index contributed by atoms with van der Waals surface area (Å²) in [4.78, 5) is 1.37. The molecule has 0 amide bonds. The van der Waals surface area contributed by atoms with E-state index in [1.165, 1.54) is 20.5 Å². The molecule has 86 valence electrons. The molecule has 17 heavy (non-hydrogen) atoms. The molecule has 0 unspecified atom stereocenters. The summed E-state index contributed by atoms with van der Waals surface area (Å²) in [6.07, 6.45) is 1.77. The highest BCUT2D eigenvalue weighted by molar-refractivity contribution is 7.19. The van der Waals surface area contributed by atoms with Crippen molar-refractivity contribution in [2.24, 2.45) is 0 Å². The van der Waals surface area contributed by atoms with Crippen LogP contribution in [0.3, 0.4) is 0 Å². The van der Waals surface area contributed by atoms with Crippen LogP contribution in [0.15, 0.2) is 24.4 Å². The normalized spacial score (nSPS) is 11.2. The molecule has 0 radical (unpaired) electrons. The molecule has 0 bridgehead atoms. The van der Waals surface area contributed by atoms with Crippen molar-refractivity contribution in [1.29, 1.82) is 0 Å². The molecule has 0 aliphatic heterocycles. The molecule has 0 fully saturated rings. The van der Waals surface area contributed by atoms with Crippen molar-refractivity contribution in [2.45, 2.75) is 13.8 Å². The maximum Gasteiger partial charge on any atom is 0.126 e. The second-order valence-electron chi connectivity index (χ2n) is 4.19. The molecule has 3 nitrogen and oxygen atoms in total. The second kappa shape index (κ2) is 3.60. The number of hydrogen-bond donors (Lipinski definition) is 2. The van der Waals surface area contributed by atoms with E-state index in [1.54, 1.807) is 6.20 Å². The highest BCUT2D eigenvalue weighted by Gasteiger charge is 2.09. The van der Waals surface area contributed by atoms with E-state index < -0.39 is 0 Å². The largest absolute Gasteiger partial charge is 0.384 e. The Labute approximate surface area is 103 Å². The first-order valence-electron chi connectivity index (χ1n) is 5.46. The number of rotatable bonds is 1. The summed E-state index contributed by atoms with van der Waals surface area (Å²) in [5, 5.41) is 8.05. The molecule has 3 N–H and O–H groups in total. The SMILES string of the molecule is Cc1sc2cc(-c3cn[nH]c3N)ccc2c1C. The van der Waals surface area contributed by atoms with E-state index in [-0.39, 0.29) is 0 Å². The van der Waals surface area contributed by atoms with Crippen LogP contribution >= 0.6 is 11.3 Å². The van der Waals surface area contributed by atoms with Crippen LogP contribution in [0.25, 0.3) is 21.2 Å². The molecule has 0 aliphatic carbocycles. The summed E-state index contributed by atoms with van der Waals surface area (Å²) in [6, 6.07) is 6.44. The maximum absolute atomic E-state index is 5.84. The molecule has 2 aromatic heterocycles. The standard InChI is InChI=1S/C13H13N3S/c1-7-8(2)17-12-5-9(3-4-10(7)12)11-6-15-16-13(11)14/h3-6H,1-2H3,(H3,14,15,16). The minimum absolute atomic E-state index is 0.620. The fourth-order valence-corrected chi connectivity index (χ4v) is 3.15. The minimum Gasteiger partial charge on any atom is -0.384 e. The van der Waals surface area contributed by atoms with Crippen LogP contribution in [-0.2, 0) is 0 Å². The van der Waals surface area contributed by atoms with Crippen molar-refractivity contribution >= 4 is 27.2 Å². The third kappa shape index (κ3) is 1.52. The summed E-state index contributed by atoms with van der Waals surface area (Å²) in [6.45, 7) is 4.33. The molecule has 3 rings (SSSR count). The Balaban J connectivity index is 2.24. The van der Waals surface area contributed by atoms with Gasteiger partial charge in [0, 0.05) is 15.1 Å². The lowest BCUT2D eigenvalue weighted by Crippen LogP contribution is -1.87. The smallest absolute Gasteiger partial charge is 0.126 e. The quantitative estimate of drug-likeness (QED) is 0.687. The second-order valence-corrected chi connectivity index (χ2v) is 5.45. The van der Waals surface area contributed by atoms with Crippen LogP contribution in [0.2, 0.25) is 0 Å². The Hall–Kier alpha value is -1.81. The summed E-state index contributed by atoms with van der Waals surface area (Å²) < 4.78 is 1.30. The molecular formula is C13H13N3S. The van der Waals surface area contributed by atoms with E-state index in [0.717, 1.165) is 11.1 Å². The summed E-state index contributed by atoms with van der Waals surface area (Å²) in [5.41, 5.74) is 9.29. The van der Waals surface area contributed by atoms with E-state index in [0.29, 0.717) is 5.82 Å². The number of nitrogens with two attached hydrogens (primary N) is 1. The van der Waals surface area contributed by atoms with Crippen molar-refractivity contribution in [2.75, 3.05) is 5.73 Å². The first-order valence-corrected chi connectivity index (χ1v) is 6.27. The van der Waals surface area contributed by atoms with Gasteiger partial charge in [-0.1, -0.05) is 12.1 Å². The fraction of sp³-hybridized carbons (Fsp3) is 0.154. The number of aromatic amines is 1. The molecule has 1 aromatic carbocycles. The van der Waals surface area contributed by atoms with Crippen LogP contribution < -0.4 is 5.73 Å². The molecule has 0 saturated heterocycles. The van der Waals surface area contributed by atoms with Crippen LogP contribution in [-0.4, -0.2) is 10.2 Å². The van der Waals surface area contributed by atoms with Crippen LogP contribution in [0.1, 0.15) is 10.4 Å². The number of anilines is 1. The number of nitrogens with zero attached hydrogens (tertiary/aromatic N) is 1. The zero-order valence-electron chi connectivity index (χ0n) is 9.74. The number of aromatic nitrogens is 2. The topological polar surface area (TPSA) is 54.7 Å². The van der Waals surface area contributed by atoms with Crippen molar-refractivity contribution in [3.8, 4) is 11.1 Å². The number of H-pyrrole nitrogens is 1. The van der Waals surface area contributed by atoms with Crippen molar-refractivity contribution in [3.63, 3.8) is 0 Å². The first kappa shape index (κ1) is 10.4. The lowest BCUT2D eigenvalue weighted by molar-refractivity contribution is 1.10. The molecule has 3 aromatic rings. The van der Waals surface area contributed by atoms with Gasteiger partial charge in [-0.15, -0.1) is 11.3 Å². The number of nitrogens with one attached hydrogen (secondary N) is 1. The fourth-order valence-electron chi connectivity index (χ4n) is 2.04. The zero-order chi connectivity index (χ0) is 12.0. The van der Waals surface area contributed by atoms with Crippen LogP contribution in [0.4, 0.5) is 5.82 Å². The maximum atomic E-state index is 5.84. The summed E-state index contributed by atoms with van der Waals surface area (Å²) in [5.74, 6) is 0.620. The van der Waals surface area contributed by atoms with Gasteiger partial charge in [0.25, 0.3) is 0 Å². The van der Waals surface area contributed by atoms with E-state index >= 15 is 0 Å². The first-order chi connectivity index (χ1) is 8.16. The summed E-state index contributed by atoms with van der Waals surface area (Å²) in [7, 11) is 0. The number of benzene rings is 1. The molecule has 4 heteroatoms. The minimum atomic E-state index is 0.620. The zero-order valence-corrected chi connectivity index (χ0v) is 10.6. The molecular weight excluding hydrogens is 230 g/mol. The predicted molar refractivity (Wildman–Crippen MR) is 73.3 cm³/mol. The van der Waals surface area contributed by atoms with Gasteiger partial charge in [-0.2, -0.15) is 5.10 Å². The average Bonchev–Trinajstić information content (AvgIpc) is 2.84. The van der Waals surface area contributed by atoms with Gasteiger partial charge < -0.3 is 5.73 Å². The molecule has 0 spiro atoms. The highest BCUT2D eigenvalue weighted by Crippen LogP contribution is 2.34. The Morgan fingerprint density at radius 1 is 1.29 bits per heavy atom. The number of nitrogen functional groups attached to an aromatic ring is 1. The summed E-state index contributed by atoms with van der Waals surface area (Å²) >= 11 is 1.82. The van der Waals surface area contributed by atoms with E-state index in [1.807, 2.05) is 11.3 Å². The Bertz CT molecular complexity index is 694. The van der Waals surface area contributed by atoms with Gasteiger partial charge >= 0.3 is 0 Å². The third-order valence-corrected chi connectivity index (χ3v) is 4.33. The molecule has 0 aliphatic rings. The van der Waals surface area contributed by atoms with Crippen LogP contribution in [0, 0.1) is 13.8 Å². The van der Waals surface area contributed by atoms with Gasteiger partial charge in [0.1, 0.15) is 5.82 Å². The molecule has 0 atom stereocenters. The van der Waals surface area contributed by atoms with Gasteiger partial charge in [0.15, 0.2) is 0 Å². The predicted octanol–water partition coefficient (Wildman–Crippen LogP) is 3.49. The van der Waals surface area contributed by atoms with Gasteiger partial charge in [-0.05, 0) is 36.4 Å². The van der Waals surface area contributed by atoms with Gasteiger partial charge in [0.2, 0.25) is 0 Å². The van der Waals surface area contributed by atoms with Gasteiger partial charge in [0.05, 0.1) is 6.20 Å². The Morgan fingerprint density at radius 2 is 2.12 bits per heavy atom. The van der Waals surface area contributed by atoms with Crippen LogP contribution in [0.5, 0.6) is 0 Å². The number of fused-ring (bicyclic) bond motifs is 1. The molecule has 0 saturated carbocycles. The Morgan fingerprint density at radius 3 is 2.82 bits per heavy atom. The van der Waals surface area contributed by atoms with Gasteiger partial charge in [-0.3, -0.25) is 5.10 Å². The third-order valence-electron chi connectivity index (χ3n) is 3.16. The number of thiophene rings is 1. The van der Waals surface area contributed by atoms with E-state index in [2.05, 4.69) is 42.2 Å². The van der Waals surface area contributed by atoms with Gasteiger partial charge in [-0.25, -0.2) is 0 Å². The number of aryl methyl sites for hydroxylation is 2. The highest BCUT2D eigenvalue weighted by atomic mass is 32.1. The van der Waals surface area contributed by atoms with Crippen molar-refractivity contribution < 1.29 is 0 Å². The lowest BCUT2D eigenvalue weighted by atomic mass is 10.1. The van der Waals surface area contributed by atoms with E-state index in [9.17, 15) is 0 Å². The number of hydrogen-bond acceptors (Lipinski definition) is 3. The monoisotopic (exact) mass is 243 g/mol.